The van der Waals surface area contributed by atoms with E-state index in [0.717, 1.165) is 45.3 Å². The van der Waals surface area contributed by atoms with Gasteiger partial charge in [0.2, 0.25) is 0 Å². The van der Waals surface area contributed by atoms with Crippen molar-refractivity contribution < 1.29 is 0 Å². The minimum atomic E-state index is 0.693. The zero-order chi connectivity index (χ0) is 26.4. The molecule has 6 aromatic rings. The Balaban J connectivity index is 1.40. The van der Waals surface area contributed by atoms with Crippen molar-refractivity contribution in [1.29, 1.82) is 0 Å². The molecule has 0 aliphatic heterocycles. The van der Waals surface area contributed by atoms with Crippen molar-refractivity contribution in [2.45, 2.75) is 0 Å². The topological polar surface area (TPSA) is 6.48 Å². The molecule has 0 saturated heterocycles. The largest absolute Gasteiger partial charge is 0.311 e. The molecular formula is C36H27ClN2. The normalized spacial score (nSPS) is 10.7. The molecule has 0 radical (unpaired) electrons. The summed E-state index contributed by atoms with van der Waals surface area (Å²) in [6.07, 6.45) is 0. The van der Waals surface area contributed by atoms with Gasteiger partial charge >= 0.3 is 0 Å². The second-order valence-electron chi connectivity index (χ2n) is 9.26. The first kappa shape index (κ1) is 24.5. The van der Waals surface area contributed by atoms with E-state index in [9.17, 15) is 0 Å². The molecule has 0 fully saturated rings. The van der Waals surface area contributed by atoms with Gasteiger partial charge in [0, 0.05) is 39.1 Å². The average Bonchev–Trinajstić information content (AvgIpc) is 3.00. The van der Waals surface area contributed by atoms with Crippen molar-refractivity contribution in [2.24, 2.45) is 0 Å². The molecule has 0 aliphatic carbocycles. The summed E-state index contributed by atoms with van der Waals surface area (Å²) in [6, 6.07) is 56.6. The summed E-state index contributed by atoms with van der Waals surface area (Å²) in [6.45, 7) is 0. The molecule has 0 atom stereocenters. The fourth-order valence-corrected chi connectivity index (χ4v) is 5.10. The van der Waals surface area contributed by atoms with Crippen LogP contribution in [0.1, 0.15) is 0 Å². The number of hydrogen-bond donors (Lipinski definition) is 0. The molecule has 0 amide bonds. The van der Waals surface area contributed by atoms with Crippen LogP contribution in [0.3, 0.4) is 0 Å². The third-order valence-electron chi connectivity index (χ3n) is 6.66. The third-order valence-corrected chi connectivity index (χ3v) is 6.88. The van der Waals surface area contributed by atoms with Crippen molar-refractivity contribution in [3.63, 3.8) is 0 Å². The van der Waals surface area contributed by atoms with Crippen LogP contribution in [0.2, 0.25) is 5.02 Å². The van der Waals surface area contributed by atoms with E-state index in [0.29, 0.717) is 5.02 Å². The van der Waals surface area contributed by atoms with Crippen molar-refractivity contribution in [3.8, 4) is 11.1 Å². The lowest BCUT2D eigenvalue weighted by atomic mass is 10.0. The summed E-state index contributed by atoms with van der Waals surface area (Å²) >= 11 is 6.73. The smallest absolute Gasteiger partial charge is 0.0482 e. The molecule has 2 nitrogen and oxygen atoms in total. The Bertz CT molecular complexity index is 1560. The van der Waals surface area contributed by atoms with Gasteiger partial charge < -0.3 is 9.80 Å². The molecule has 0 heterocycles. The van der Waals surface area contributed by atoms with Crippen molar-refractivity contribution in [2.75, 3.05) is 9.80 Å². The minimum Gasteiger partial charge on any atom is -0.311 e. The second kappa shape index (κ2) is 11.3. The Hall–Kier alpha value is -4.79. The predicted molar refractivity (Wildman–Crippen MR) is 166 cm³/mol. The maximum atomic E-state index is 6.73. The Morgan fingerprint density at radius 3 is 1.08 bits per heavy atom. The van der Waals surface area contributed by atoms with Crippen molar-refractivity contribution in [3.05, 3.63) is 169 Å². The monoisotopic (exact) mass is 522 g/mol. The SMILES string of the molecule is Clc1cc(-c2ccc(N(c3ccccc3)c3ccccc3)cc2)cc(N(c2ccccc2)c2ccccc2)c1. The lowest BCUT2D eigenvalue weighted by Crippen LogP contribution is -2.10. The van der Waals surface area contributed by atoms with E-state index in [1.54, 1.807) is 0 Å². The van der Waals surface area contributed by atoms with E-state index in [-0.39, 0.29) is 0 Å². The quantitative estimate of drug-likeness (QED) is 0.206. The number of nitrogens with zero attached hydrogens (tertiary/aromatic N) is 2. The molecule has 0 aliphatic rings. The Morgan fingerprint density at radius 2 is 0.667 bits per heavy atom. The van der Waals surface area contributed by atoms with Crippen LogP contribution in [-0.4, -0.2) is 0 Å². The number of halogens is 1. The van der Waals surface area contributed by atoms with Gasteiger partial charge in [-0.2, -0.15) is 0 Å². The van der Waals surface area contributed by atoms with Crippen LogP contribution in [0.5, 0.6) is 0 Å². The molecular weight excluding hydrogens is 496 g/mol. The Labute approximate surface area is 235 Å². The summed E-state index contributed by atoms with van der Waals surface area (Å²) in [7, 11) is 0. The molecule has 39 heavy (non-hydrogen) atoms. The molecule has 0 unspecified atom stereocenters. The van der Waals surface area contributed by atoms with Gasteiger partial charge in [0.1, 0.15) is 0 Å². The number of anilines is 6. The minimum absolute atomic E-state index is 0.693. The third kappa shape index (κ3) is 5.43. The van der Waals surface area contributed by atoms with Crippen LogP contribution < -0.4 is 9.80 Å². The van der Waals surface area contributed by atoms with Gasteiger partial charge in [-0.25, -0.2) is 0 Å². The van der Waals surface area contributed by atoms with Gasteiger partial charge in [-0.15, -0.1) is 0 Å². The summed E-state index contributed by atoms with van der Waals surface area (Å²) in [5.74, 6) is 0. The van der Waals surface area contributed by atoms with E-state index < -0.39 is 0 Å². The van der Waals surface area contributed by atoms with Crippen LogP contribution in [0.15, 0.2) is 164 Å². The van der Waals surface area contributed by atoms with Gasteiger partial charge in [0.25, 0.3) is 0 Å². The van der Waals surface area contributed by atoms with Crippen LogP contribution in [-0.2, 0) is 0 Å². The fraction of sp³-hybridized carbons (Fsp3) is 0. The predicted octanol–water partition coefficient (Wildman–Crippen LogP) is 10.9. The highest BCUT2D eigenvalue weighted by atomic mass is 35.5. The van der Waals surface area contributed by atoms with Crippen molar-refractivity contribution >= 4 is 45.7 Å². The second-order valence-corrected chi connectivity index (χ2v) is 9.69. The molecule has 0 spiro atoms. The highest BCUT2D eigenvalue weighted by Gasteiger charge is 2.15. The van der Waals surface area contributed by atoms with Gasteiger partial charge in [-0.3, -0.25) is 0 Å². The molecule has 0 bridgehead atoms. The van der Waals surface area contributed by atoms with Crippen molar-refractivity contribution in [1.82, 2.24) is 0 Å². The zero-order valence-corrected chi connectivity index (χ0v) is 22.1. The number of hydrogen-bond acceptors (Lipinski definition) is 2. The molecule has 0 aromatic heterocycles. The van der Waals surface area contributed by atoms with E-state index in [2.05, 4.69) is 137 Å². The summed E-state index contributed by atoms with van der Waals surface area (Å²) < 4.78 is 0. The molecule has 6 aromatic carbocycles. The zero-order valence-electron chi connectivity index (χ0n) is 21.4. The highest BCUT2D eigenvalue weighted by Crippen LogP contribution is 2.39. The van der Waals surface area contributed by atoms with E-state index in [1.807, 2.05) is 36.4 Å². The highest BCUT2D eigenvalue weighted by molar-refractivity contribution is 6.31. The van der Waals surface area contributed by atoms with Crippen LogP contribution in [0, 0.1) is 0 Å². The van der Waals surface area contributed by atoms with Gasteiger partial charge in [0.15, 0.2) is 0 Å². The molecule has 0 saturated carbocycles. The van der Waals surface area contributed by atoms with E-state index in [4.69, 9.17) is 11.6 Å². The lowest BCUT2D eigenvalue weighted by Gasteiger charge is -2.26. The van der Waals surface area contributed by atoms with Crippen LogP contribution in [0.4, 0.5) is 34.1 Å². The lowest BCUT2D eigenvalue weighted by molar-refractivity contribution is 1.28. The van der Waals surface area contributed by atoms with Crippen LogP contribution >= 0.6 is 11.6 Å². The number of rotatable bonds is 7. The first-order chi connectivity index (χ1) is 19.3. The average molecular weight is 523 g/mol. The van der Waals surface area contributed by atoms with Crippen LogP contribution in [0.25, 0.3) is 11.1 Å². The van der Waals surface area contributed by atoms with Gasteiger partial charge in [0.05, 0.1) is 0 Å². The maximum Gasteiger partial charge on any atom is 0.0482 e. The van der Waals surface area contributed by atoms with E-state index >= 15 is 0 Å². The molecule has 6 rings (SSSR count). The first-order valence-corrected chi connectivity index (χ1v) is 13.4. The molecule has 3 heteroatoms. The molecule has 0 N–H and O–H groups in total. The molecule has 188 valence electrons. The van der Waals surface area contributed by atoms with E-state index in [1.165, 1.54) is 0 Å². The van der Waals surface area contributed by atoms with Gasteiger partial charge in [-0.05, 0) is 90.0 Å². The summed E-state index contributed by atoms with van der Waals surface area (Å²) in [4.78, 5) is 4.50. The fourth-order valence-electron chi connectivity index (χ4n) is 4.88. The standard InChI is InChI=1S/C36H27ClN2/c37-30-25-29(26-36(27-30)39(33-17-9-3-10-18-33)34-19-11-4-12-20-34)28-21-23-35(24-22-28)38(31-13-5-1-6-14-31)32-15-7-2-8-16-32/h1-27H. The Morgan fingerprint density at radius 1 is 0.308 bits per heavy atom. The Kier molecular flexibility index (Phi) is 7.11. The number of benzene rings is 6. The number of para-hydroxylation sites is 4. The summed E-state index contributed by atoms with van der Waals surface area (Å²) in [5, 5.41) is 0.693. The van der Waals surface area contributed by atoms with Gasteiger partial charge in [-0.1, -0.05) is 96.5 Å². The first-order valence-electron chi connectivity index (χ1n) is 13.0. The maximum absolute atomic E-state index is 6.73. The summed E-state index contributed by atoms with van der Waals surface area (Å²) in [5.41, 5.74) is 8.65.